The van der Waals surface area contributed by atoms with Gasteiger partial charge in [-0.15, -0.1) is 0 Å². The van der Waals surface area contributed by atoms with Crippen LogP contribution in [0.2, 0.25) is 0 Å². The predicted molar refractivity (Wildman–Crippen MR) is 126 cm³/mol. The molecule has 0 spiro atoms. The first kappa shape index (κ1) is 22.9. The van der Waals surface area contributed by atoms with Crippen molar-refractivity contribution in [3.8, 4) is 5.75 Å². The number of fused-ring (bicyclic) bond motifs is 1. The fourth-order valence-corrected chi connectivity index (χ4v) is 4.76. The van der Waals surface area contributed by atoms with Gasteiger partial charge in [0, 0.05) is 31.6 Å². The number of nitrogens with zero attached hydrogens (tertiary/aromatic N) is 3. The number of aromatic nitrogens is 1. The summed E-state index contributed by atoms with van der Waals surface area (Å²) in [5.41, 5.74) is 1.80. The van der Waals surface area contributed by atoms with E-state index in [1.54, 1.807) is 24.3 Å². The Hall–Kier alpha value is -3.30. The lowest BCUT2D eigenvalue weighted by molar-refractivity contribution is -0.121. The zero-order valence-electron chi connectivity index (χ0n) is 18.6. The van der Waals surface area contributed by atoms with E-state index in [2.05, 4.69) is 4.99 Å². The second kappa shape index (κ2) is 10.1. The minimum Gasteiger partial charge on any atom is -0.494 e. The molecule has 4 rings (SSSR count). The fourth-order valence-electron chi connectivity index (χ4n) is 3.68. The van der Waals surface area contributed by atoms with Crippen LogP contribution in [0, 0.1) is 0 Å². The molecule has 0 saturated carbocycles. The van der Waals surface area contributed by atoms with E-state index in [4.69, 9.17) is 9.47 Å². The Labute approximate surface area is 195 Å². The molecule has 3 amide bonds. The molecule has 3 aromatic rings. The number of thiazole rings is 1. The van der Waals surface area contributed by atoms with Gasteiger partial charge in [-0.25, -0.2) is 0 Å². The summed E-state index contributed by atoms with van der Waals surface area (Å²) in [6.45, 7) is 6.11. The number of ether oxygens (including phenoxy) is 2. The van der Waals surface area contributed by atoms with Crippen molar-refractivity contribution >= 4 is 45.0 Å². The minimum atomic E-state index is -0.401. The van der Waals surface area contributed by atoms with Gasteiger partial charge in [-0.1, -0.05) is 11.3 Å². The van der Waals surface area contributed by atoms with Crippen LogP contribution in [0.15, 0.2) is 47.5 Å². The van der Waals surface area contributed by atoms with Gasteiger partial charge in [0.2, 0.25) is 11.8 Å². The van der Waals surface area contributed by atoms with Crippen LogP contribution >= 0.6 is 11.3 Å². The Kier molecular flexibility index (Phi) is 7.00. The zero-order valence-corrected chi connectivity index (χ0v) is 19.4. The molecule has 2 aromatic carbocycles. The number of anilines is 1. The first-order chi connectivity index (χ1) is 16.0. The van der Waals surface area contributed by atoms with Crippen molar-refractivity contribution in [2.24, 2.45) is 4.99 Å². The largest absolute Gasteiger partial charge is 0.494 e. The van der Waals surface area contributed by atoms with E-state index in [-0.39, 0.29) is 24.7 Å². The molecule has 2 heterocycles. The van der Waals surface area contributed by atoms with Crippen molar-refractivity contribution in [2.75, 3.05) is 24.7 Å². The summed E-state index contributed by atoms with van der Waals surface area (Å²) < 4.78 is 14.1. The third-order valence-electron chi connectivity index (χ3n) is 5.25. The molecule has 0 aliphatic carbocycles. The van der Waals surface area contributed by atoms with E-state index < -0.39 is 5.91 Å². The number of imide groups is 1. The van der Waals surface area contributed by atoms with Gasteiger partial charge in [-0.05, 0) is 56.3 Å². The Balaban J connectivity index is 1.66. The molecule has 0 unspecified atom stereocenters. The van der Waals surface area contributed by atoms with Gasteiger partial charge >= 0.3 is 0 Å². The van der Waals surface area contributed by atoms with Crippen LogP contribution in [0.4, 0.5) is 5.69 Å². The smallest absolute Gasteiger partial charge is 0.279 e. The number of benzene rings is 2. The van der Waals surface area contributed by atoms with E-state index in [9.17, 15) is 14.4 Å². The summed E-state index contributed by atoms with van der Waals surface area (Å²) in [4.78, 5) is 42.9. The van der Waals surface area contributed by atoms with Crippen molar-refractivity contribution in [1.29, 1.82) is 0 Å². The molecule has 1 aliphatic rings. The summed E-state index contributed by atoms with van der Waals surface area (Å²) in [7, 11) is 0. The highest BCUT2D eigenvalue weighted by atomic mass is 32.1. The molecular weight excluding hydrogens is 442 g/mol. The standard InChI is InChI=1S/C24H25N3O5S/c1-3-31-14-13-26-19-10-9-18(32-4-2)15-20(19)33-24(26)25-23(30)16-5-7-17(8-6-16)27-21(28)11-12-22(27)29/h5-10,15H,3-4,11-14H2,1-2H3. The van der Waals surface area contributed by atoms with Crippen molar-refractivity contribution in [2.45, 2.75) is 33.2 Å². The van der Waals surface area contributed by atoms with Gasteiger partial charge in [0.15, 0.2) is 4.80 Å². The van der Waals surface area contributed by atoms with Crippen LogP contribution in [-0.4, -0.2) is 42.1 Å². The summed E-state index contributed by atoms with van der Waals surface area (Å²) in [6, 6.07) is 12.2. The van der Waals surface area contributed by atoms with Gasteiger partial charge in [-0.2, -0.15) is 4.99 Å². The van der Waals surface area contributed by atoms with Crippen LogP contribution in [-0.2, 0) is 20.9 Å². The number of carbonyl (C=O) groups excluding carboxylic acids is 3. The second-order valence-electron chi connectivity index (χ2n) is 7.38. The Morgan fingerprint density at radius 2 is 1.76 bits per heavy atom. The molecule has 0 radical (unpaired) electrons. The van der Waals surface area contributed by atoms with Crippen LogP contribution in [0.25, 0.3) is 10.2 Å². The monoisotopic (exact) mass is 467 g/mol. The number of rotatable bonds is 8. The summed E-state index contributed by atoms with van der Waals surface area (Å²) in [5.74, 6) is -0.0864. The average Bonchev–Trinajstić information content (AvgIpc) is 3.32. The lowest BCUT2D eigenvalue weighted by Crippen LogP contribution is -2.28. The molecule has 1 fully saturated rings. The van der Waals surface area contributed by atoms with E-state index in [0.717, 1.165) is 20.9 Å². The number of hydrogen-bond acceptors (Lipinski definition) is 6. The highest BCUT2D eigenvalue weighted by molar-refractivity contribution is 7.16. The third kappa shape index (κ3) is 4.89. The Morgan fingerprint density at radius 1 is 1.03 bits per heavy atom. The number of carbonyl (C=O) groups is 3. The minimum absolute atomic E-state index is 0.216. The van der Waals surface area contributed by atoms with Gasteiger partial charge in [-0.3, -0.25) is 19.3 Å². The number of hydrogen-bond donors (Lipinski definition) is 0. The van der Waals surface area contributed by atoms with Crippen LogP contribution in [0.3, 0.4) is 0 Å². The zero-order chi connectivity index (χ0) is 23.4. The third-order valence-corrected chi connectivity index (χ3v) is 6.29. The first-order valence-electron chi connectivity index (χ1n) is 10.9. The van der Waals surface area contributed by atoms with Crippen molar-refractivity contribution < 1.29 is 23.9 Å². The van der Waals surface area contributed by atoms with E-state index in [1.165, 1.54) is 11.3 Å². The van der Waals surface area contributed by atoms with Crippen molar-refractivity contribution in [1.82, 2.24) is 4.57 Å². The van der Waals surface area contributed by atoms with Gasteiger partial charge in [0.05, 0.1) is 29.1 Å². The highest BCUT2D eigenvalue weighted by Gasteiger charge is 2.30. The Bertz CT molecular complexity index is 1240. The maximum Gasteiger partial charge on any atom is 0.279 e. The molecule has 8 nitrogen and oxygen atoms in total. The molecular formula is C24H25N3O5S. The number of amides is 3. The maximum absolute atomic E-state index is 12.9. The normalized spacial score (nSPS) is 14.5. The molecule has 1 aromatic heterocycles. The lowest BCUT2D eigenvalue weighted by Gasteiger charge is -2.13. The topological polar surface area (TPSA) is 90.2 Å². The fraction of sp³-hybridized carbons (Fsp3) is 0.333. The van der Waals surface area contributed by atoms with Crippen molar-refractivity contribution in [3.63, 3.8) is 0 Å². The van der Waals surface area contributed by atoms with Crippen molar-refractivity contribution in [3.05, 3.63) is 52.8 Å². The Morgan fingerprint density at radius 3 is 2.42 bits per heavy atom. The molecule has 9 heteroatoms. The molecule has 0 bridgehead atoms. The molecule has 0 atom stereocenters. The van der Waals surface area contributed by atoms with Gasteiger partial charge in [0.25, 0.3) is 5.91 Å². The lowest BCUT2D eigenvalue weighted by atomic mass is 10.2. The van der Waals surface area contributed by atoms with E-state index >= 15 is 0 Å². The molecule has 33 heavy (non-hydrogen) atoms. The van der Waals surface area contributed by atoms with Crippen LogP contribution < -0.4 is 14.4 Å². The highest BCUT2D eigenvalue weighted by Crippen LogP contribution is 2.25. The first-order valence-corrected chi connectivity index (χ1v) is 11.7. The molecule has 1 aliphatic heterocycles. The quantitative estimate of drug-likeness (QED) is 0.373. The summed E-state index contributed by atoms with van der Waals surface area (Å²) in [5, 5.41) is 0. The predicted octanol–water partition coefficient (Wildman–Crippen LogP) is 3.53. The van der Waals surface area contributed by atoms with E-state index in [1.807, 2.05) is 36.6 Å². The summed E-state index contributed by atoms with van der Waals surface area (Å²) in [6.07, 6.45) is 0.432. The van der Waals surface area contributed by atoms with Crippen LogP contribution in [0.1, 0.15) is 37.0 Å². The summed E-state index contributed by atoms with van der Waals surface area (Å²) >= 11 is 1.41. The van der Waals surface area contributed by atoms with Gasteiger partial charge < -0.3 is 14.0 Å². The van der Waals surface area contributed by atoms with Crippen LogP contribution in [0.5, 0.6) is 5.75 Å². The molecule has 1 saturated heterocycles. The SMILES string of the molecule is CCOCCn1c(=NC(=O)c2ccc(N3C(=O)CCC3=O)cc2)sc2cc(OCC)ccc21. The maximum atomic E-state index is 12.9. The molecule has 0 N–H and O–H groups in total. The molecule has 172 valence electrons. The van der Waals surface area contributed by atoms with E-state index in [0.29, 0.717) is 42.4 Å². The van der Waals surface area contributed by atoms with Gasteiger partial charge in [0.1, 0.15) is 5.75 Å². The second-order valence-corrected chi connectivity index (χ2v) is 8.39. The average molecular weight is 468 g/mol.